The molecule has 0 unspecified atom stereocenters. The number of carboxylic acid groups (broad SMARTS) is 1. The fourth-order valence-electron chi connectivity index (χ4n) is 2.75. The van der Waals surface area contributed by atoms with Gasteiger partial charge in [0.2, 0.25) is 0 Å². The van der Waals surface area contributed by atoms with Gasteiger partial charge in [-0.15, -0.1) is 0 Å². The van der Waals surface area contributed by atoms with E-state index in [9.17, 15) is 20.0 Å². The summed E-state index contributed by atoms with van der Waals surface area (Å²) in [7, 11) is 0. The van der Waals surface area contributed by atoms with Crippen LogP contribution in [-0.2, 0) is 12.8 Å². The summed E-state index contributed by atoms with van der Waals surface area (Å²) in [4.78, 5) is 21.7. The van der Waals surface area contributed by atoms with Crippen LogP contribution in [0.25, 0.3) is 5.69 Å². The van der Waals surface area contributed by atoms with Gasteiger partial charge >= 0.3 is 5.97 Å². The second-order valence-corrected chi connectivity index (χ2v) is 5.07. The Hall–Kier alpha value is -2.70. The second-order valence-electron chi connectivity index (χ2n) is 5.07. The lowest BCUT2D eigenvalue weighted by molar-refractivity contribution is -0.384. The van der Waals surface area contributed by atoms with Gasteiger partial charge in [-0.2, -0.15) is 5.10 Å². The van der Waals surface area contributed by atoms with Crippen LogP contribution >= 0.6 is 0 Å². The Bertz CT molecular complexity index is 764. The van der Waals surface area contributed by atoms with E-state index in [1.54, 1.807) is 10.7 Å². The Morgan fingerprint density at radius 1 is 1.43 bits per heavy atom. The van der Waals surface area contributed by atoms with Crippen LogP contribution < -0.4 is 0 Å². The lowest BCUT2D eigenvalue weighted by Crippen LogP contribution is -2.06. The van der Waals surface area contributed by atoms with Gasteiger partial charge in [0, 0.05) is 23.4 Å². The highest BCUT2D eigenvalue weighted by Crippen LogP contribution is 2.30. The van der Waals surface area contributed by atoms with Crippen LogP contribution in [0.2, 0.25) is 0 Å². The molecule has 1 N–H and O–H groups in total. The summed E-state index contributed by atoms with van der Waals surface area (Å²) in [6, 6.07) is 4.52. The number of aryl methyl sites for hydroxylation is 1. The monoisotopic (exact) mass is 287 g/mol. The number of rotatable bonds is 3. The highest BCUT2D eigenvalue weighted by atomic mass is 16.6. The molecule has 0 atom stereocenters. The van der Waals surface area contributed by atoms with Gasteiger partial charge in [-0.25, -0.2) is 9.48 Å². The zero-order chi connectivity index (χ0) is 15.1. The molecule has 0 aliphatic heterocycles. The third kappa shape index (κ3) is 2.06. The fourth-order valence-corrected chi connectivity index (χ4v) is 2.75. The maximum Gasteiger partial charge on any atom is 0.356 e. The number of nitro groups is 1. The average molecular weight is 287 g/mol. The van der Waals surface area contributed by atoms with E-state index in [1.165, 1.54) is 12.1 Å². The molecule has 0 radical (unpaired) electrons. The molecule has 0 fully saturated rings. The zero-order valence-corrected chi connectivity index (χ0v) is 11.4. The smallest absolute Gasteiger partial charge is 0.356 e. The SMILES string of the molecule is Cc1ccc([N+](=O)[O-])cc1-n1nc(C(=O)O)c2c1CCC2. The Labute approximate surface area is 120 Å². The first-order chi connectivity index (χ1) is 9.99. The summed E-state index contributed by atoms with van der Waals surface area (Å²) in [6.07, 6.45) is 2.30. The van der Waals surface area contributed by atoms with Crippen molar-refractivity contribution in [3.63, 3.8) is 0 Å². The van der Waals surface area contributed by atoms with Crippen LogP contribution in [-0.4, -0.2) is 25.8 Å². The fraction of sp³-hybridized carbons (Fsp3) is 0.286. The van der Waals surface area contributed by atoms with E-state index in [-0.39, 0.29) is 11.4 Å². The quantitative estimate of drug-likeness (QED) is 0.689. The van der Waals surface area contributed by atoms with Gasteiger partial charge < -0.3 is 5.11 Å². The third-order valence-electron chi connectivity index (χ3n) is 3.76. The van der Waals surface area contributed by atoms with Crippen molar-refractivity contribution in [2.24, 2.45) is 0 Å². The predicted octanol–water partition coefficient (Wildman–Crippen LogP) is 2.28. The summed E-state index contributed by atoms with van der Waals surface area (Å²) in [6.45, 7) is 1.82. The highest BCUT2D eigenvalue weighted by Gasteiger charge is 2.27. The summed E-state index contributed by atoms with van der Waals surface area (Å²) in [5.41, 5.74) is 2.98. The Morgan fingerprint density at radius 3 is 2.86 bits per heavy atom. The number of aromatic carboxylic acids is 1. The number of non-ortho nitro benzene ring substituents is 1. The molecule has 0 bridgehead atoms. The van der Waals surface area contributed by atoms with Crippen LogP contribution in [0.4, 0.5) is 5.69 Å². The molecular formula is C14H13N3O4. The van der Waals surface area contributed by atoms with E-state index in [2.05, 4.69) is 5.10 Å². The van der Waals surface area contributed by atoms with E-state index in [1.807, 2.05) is 6.92 Å². The number of carbonyl (C=O) groups is 1. The van der Waals surface area contributed by atoms with Gasteiger partial charge in [-0.1, -0.05) is 6.07 Å². The van der Waals surface area contributed by atoms with Crippen molar-refractivity contribution in [3.05, 3.63) is 50.8 Å². The minimum atomic E-state index is -1.06. The number of nitrogens with zero attached hydrogens (tertiary/aromatic N) is 3. The molecule has 108 valence electrons. The Balaban J connectivity index is 2.22. The maximum absolute atomic E-state index is 11.3. The molecule has 3 rings (SSSR count). The van der Waals surface area contributed by atoms with Gasteiger partial charge in [-0.3, -0.25) is 10.1 Å². The van der Waals surface area contributed by atoms with Crippen molar-refractivity contribution in [2.45, 2.75) is 26.2 Å². The third-order valence-corrected chi connectivity index (χ3v) is 3.76. The van der Waals surface area contributed by atoms with Crippen LogP contribution in [0.5, 0.6) is 0 Å². The first kappa shape index (κ1) is 13.3. The number of fused-ring (bicyclic) bond motifs is 1. The van der Waals surface area contributed by atoms with E-state index in [0.29, 0.717) is 12.1 Å². The van der Waals surface area contributed by atoms with E-state index >= 15 is 0 Å². The summed E-state index contributed by atoms with van der Waals surface area (Å²) < 4.78 is 1.55. The first-order valence-corrected chi connectivity index (χ1v) is 6.58. The van der Waals surface area contributed by atoms with Crippen LogP contribution in [0.1, 0.15) is 33.7 Å². The Morgan fingerprint density at radius 2 is 2.19 bits per heavy atom. The summed E-state index contributed by atoms with van der Waals surface area (Å²) in [5.74, 6) is -1.06. The van der Waals surface area contributed by atoms with Crippen molar-refractivity contribution in [3.8, 4) is 5.69 Å². The number of hydrogen-bond donors (Lipinski definition) is 1. The van der Waals surface area contributed by atoms with Crippen LogP contribution in [0.3, 0.4) is 0 Å². The van der Waals surface area contributed by atoms with Gasteiger partial charge in [-0.05, 0) is 31.7 Å². The number of carboxylic acids is 1. The minimum absolute atomic E-state index is 0.0327. The van der Waals surface area contributed by atoms with E-state index in [4.69, 9.17) is 0 Å². The maximum atomic E-state index is 11.3. The largest absolute Gasteiger partial charge is 0.476 e. The molecular weight excluding hydrogens is 274 g/mol. The number of nitro benzene ring substituents is 1. The van der Waals surface area contributed by atoms with Crippen molar-refractivity contribution in [2.75, 3.05) is 0 Å². The molecule has 1 aromatic carbocycles. The molecule has 1 aliphatic rings. The van der Waals surface area contributed by atoms with Crippen molar-refractivity contribution in [1.82, 2.24) is 9.78 Å². The zero-order valence-electron chi connectivity index (χ0n) is 11.4. The number of hydrogen-bond acceptors (Lipinski definition) is 4. The minimum Gasteiger partial charge on any atom is -0.476 e. The second kappa shape index (κ2) is 4.69. The summed E-state index contributed by atoms with van der Waals surface area (Å²) >= 11 is 0. The van der Waals surface area contributed by atoms with Crippen LogP contribution in [0.15, 0.2) is 18.2 Å². The molecule has 2 aromatic rings. The number of aromatic nitrogens is 2. The molecule has 0 saturated carbocycles. The van der Waals surface area contributed by atoms with Crippen molar-refractivity contribution in [1.29, 1.82) is 0 Å². The van der Waals surface area contributed by atoms with Gasteiger partial charge in [0.25, 0.3) is 5.69 Å². The Kier molecular flexibility index (Phi) is 2.97. The van der Waals surface area contributed by atoms with Crippen LogP contribution in [0, 0.1) is 17.0 Å². The molecule has 1 aromatic heterocycles. The first-order valence-electron chi connectivity index (χ1n) is 6.58. The highest BCUT2D eigenvalue weighted by molar-refractivity contribution is 5.87. The van der Waals surface area contributed by atoms with Crippen molar-refractivity contribution >= 4 is 11.7 Å². The standard InChI is InChI=1S/C14H13N3O4/c1-8-5-6-9(17(20)21)7-12(8)16-11-4-2-3-10(11)13(15-16)14(18)19/h5-7H,2-4H2,1H3,(H,18,19). The summed E-state index contributed by atoms with van der Waals surface area (Å²) in [5, 5.41) is 24.3. The molecule has 7 nitrogen and oxygen atoms in total. The van der Waals surface area contributed by atoms with E-state index in [0.717, 1.165) is 29.7 Å². The lowest BCUT2D eigenvalue weighted by atomic mass is 10.1. The van der Waals surface area contributed by atoms with Gasteiger partial charge in [0.15, 0.2) is 5.69 Å². The van der Waals surface area contributed by atoms with E-state index < -0.39 is 10.9 Å². The predicted molar refractivity (Wildman–Crippen MR) is 73.9 cm³/mol. The molecule has 0 amide bonds. The molecule has 7 heteroatoms. The topological polar surface area (TPSA) is 98.3 Å². The average Bonchev–Trinajstić information content (AvgIpc) is 3.00. The normalized spacial score (nSPS) is 13.2. The molecule has 21 heavy (non-hydrogen) atoms. The molecule has 0 spiro atoms. The molecule has 1 heterocycles. The number of benzene rings is 1. The van der Waals surface area contributed by atoms with Gasteiger partial charge in [0.05, 0.1) is 10.6 Å². The van der Waals surface area contributed by atoms with Crippen molar-refractivity contribution < 1.29 is 14.8 Å². The molecule has 1 aliphatic carbocycles. The molecule has 0 saturated heterocycles. The lowest BCUT2D eigenvalue weighted by Gasteiger charge is -2.08. The van der Waals surface area contributed by atoms with Gasteiger partial charge in [0.1, 0.15) is 0 Å².